The minimum absolute atomic E-state index is 0.177. The number of urea groups is 1. The molecule has 3 N–H and O–H groups in total. The Morgan fingerprint density at radius 1 is 1.00 bits per heavy atom. The SMILES string of the molecule is CCCCCCCCC(CCCCCC)CNC(=O)NNc1nc(Cl)ns1. The molecule has 0 radical (unpaired) electrons. The van der Waals surface area contributed by atoms with Crippen molar-refractivity contribution in [2.45, 2.75) is 90.9 Å². The molecule has 0 fully saturated rings. The van der Waals surface area contributed by atoms with E-state index in [-0.39, 0.29) is 11.3 Å². The van der Waals surface area contributed by atoms with Crippen LogP contribution in [0.15, 0.2) is 0 Å². The highest BCUT2D eigenvalue weighted by Crippen LogP contribution is 2.18. The summed E-state index contributed by atoms with van der Waals surface area (Å²) in [6.45, 7) is 5.20. The Hall–Kier alpha value is -1.08. The van der Waals surface area contributed by atoms with Gasteiger partial charge in [0.25, 0.3) is 0 Å². The second-order valence-corrected chi connectivity index (χ2v) is 8.19. The normalized spacial score (nSPS) is 12.0. The molecule has 0 aliphatic carbocycles. The smallest absolute Gasteiger partial charge is 0.333 e. The summed E-state index contributed by atoms with van der Waals surface area (Å²) in [6.07, 6.45) is 15.3. The number of amides is 2. The number of carbonyl (C=O) groups is 1. The molecule has 1 aromatic rings. The molecule has 0 aliphatic heterocycles. The van der Waals surface area contributed by atoms with Crippen molar-refractivity contribution in [3.63, 3.8) is 0 Å². The van der Waals surface area contributed by atoms with Crippen LogP contribution in [0.1, 0.15) is 90.9 Å². The van der Waals surface area contributed by atoms with Gasteiger partial charge in [-0.3, -0.25) is 5.43 Å². The third-order valence-electron chi connectivity index (χ3n) is 4.67. The average molecular weight is 418 g/mol. The lowest BCUT2D eigenvalue weighted by molar-refractivity contribution is 0.239. The highest BCUT2D eigenvalue weighted by atomic mass is 35.5. The zero-order valence-electron chi connectivity index (χ0n) is 16.9. The number of hydrazine groups is 1. The molecule has 1 aromatic heterocycles. The summed E-state index contributed by atoms with van der Waals surface area (Å²) in [6, 6.07) is -0.247. The van der Waals surface area contributed by atoms with Crippen LogP contribution in [0.5, 0.6) is 0 Å². The van der Waals surface area contributed by atoms with Crippen molar-refractivity contribution >= 4 is 34.3 Å². The van der Waals surface area contributed by atoms with Gasteiger partial charge < -0.3 is 5.32 Å². The van der Waals surface area contributed by atoms with Gasteiger partial charge in [-0.1, -0.05) is 78.1 Å². The first kappa shape index (κ1) is 24.0. The van der Waals surface area contributed by atoms with Crippen molar-refractivity contribution in [2.75, 3.05) is 12.0 Å². The molecule has 0 saturated carbocycles. The predicted octanol–water partition coefficient (Wildman–Crippen LogP) is 6.15. The van der Waals surface area contributed by atoms with Crippen molar-refractivity contribution in [3.05, 3.63) is 5.28 Å². The molecule has 0 spiro atoms. The Bertz CT molecular complexity index is 500. The van der Waals surface area contributed by atoms with E-state index in [1.165, 1.54) is 77.0 Å². The van der Waals surface area contributed by atoms with E-state index in [1.54, 1.807) is 0 Å². The fraction of sp³-hybridized carbons (Fsp3) is 0.842. The van der Waals surface area contributed by atoms with Crippen LogP contribution in [0.25, 0.3) is 0 Å². The molecule has 0 aromatic carbocycles. The molecule has 156 valence electrons. The van der Waals surface area contributed by atoms with Gasteiger partial charge in [0.05, 0.1) is 0 Å². The summed E-state index contributed by atoms with van der Waals surface area (Å²) in [7, 11) is 0. The van der Waals surface area contributed by atoms with Crippen LogP contribution in [0.3, 0.4) is 0 Å². The van der Waals surface area contributed by atoms with E-state index in [1.807, 2.05) is 0 Å². The van der Waals surface area contributed by atoms with Gasteiger partial charge in [0, 0.05) is 18.1 Å². The van der Waals surface area contributed by atoms with Gasteiger partial charge in [0.1, 0.15) is 0 Å². The monoisotopic (exact) mass is 417 g/mol. The lowest BCUT2D eigenvalue weighted by atomic mass is 9.94. The van der Waals surface area contributed by atoms with Gasteiger partial charge in [-0.05, 0) is 30.4 Å². The van der Waals surface area contributed by atoms with Gasteiger partial charge in [-0.25, -0.2) is 10.2 Å². The van der Waals surface area contributed by atoms with Crippen molar-refractivity contribution in [2.24, 2.45) is 5.92 Å². The summed E-state index contributed by atoms with van der Waals surface area (Å²) in [5.74, 6) is 0.551. The van der Waals surface area contributed by atoms with E-state index in [4.69, 9.17) is 11.6 Å². The molecular weight excluding hydrogens is 382 g/mol. The number of aromatic nitrogens is 2. The number of carbonyl (C=O) groups excluding carboxylic acids is 1. The molecule has 0 saturated heterocycles. The van der Waals surface area contributed by atoms with E-state index in [0.29, 0.717) is 17.6 Å². The van der Waals surface area contributed by atoms with Crippen LogP contribution in [-0.2, 0) is 0 Å². The van der Waals surface area contributed by atoms with Gasteiger partial charge in [0.2, 0.25) is 10.4 Å². The zero-order chi connectivity index (χ0) is 19.7. The third-order valence-corrected chi connectivity index (χ3v) is 5.57. The van der Waals surface area contributed by atoms with E-state index in [2.05, 4.69) is 39.4 Å². The molecule has 1 heterocycles. The minimum atomic E-state index is -0.247. The van der Waals surface area contributed by atoms with Gasteiger partial charge >= 0.3 is 6.03 Å². The first-order chi connectivity index (χ1) is 13.2. The molecule has 2 amide bonds. The highest BCUT2D eigenvalue weighted by Gasteiger charge is 2.11. The van der Waals surface area contributed by atoms with Crippen molar-refractivity contribution in [1.29, 1.82) is 0 Å². The Balaban J connectivity index is 2.24. The number of nitrogens with zero attached hydrogens (tertiary/aromatic N) is 2. The van der Waals surface area contributed by atoms with Gasteiger partial charge in [-0.2, -0.15) is 9.36 Å². The Morgan fingerprint density at radius 2 is 1.59 bits per heavy atom. The minimum Gasteiger partial charge on any atom is -0.336 e. The Morgan fingerprint density at radius 3 is 2.19 bits per heavy atom. The average Bonchev–Trinajstić information content (AvgIpc) is 3.08. The molecule has 1 unspecified atom stereocenters. The first-order valence-corrected chi connectivity index (χ1v) is 11.6. The molecule has 8 heteroatoms. The van der Waals surface area contributed by atoms with Gasteiger partial charge in [-0.15, -0.1) is 0 Å². The number of rotatable bonds is 16. The van der Waals surface area contributed by atoms with Crippen LogP contribution in [-0.4, -0.2) is 21.9 Å². The summed E-state index contributed by atoms with van der Waals surface area (Å²) in [5, 5.41) is 3.62. The number of anilines is 1. The van der Waals surface area contributed by atoms with Crippen LogP contribution in [0.2, 0.25) is 5.28 Å². The van der Waals surface area contributed by atoms with E-state index >= 15 is 0 Å². The standard InChI is InChI=1S/C19H36ClN5OS/c1-3-5-7-9-10-12-14-16(13-11-8-6-4-2)15-21-18(26)23-24-19-22-17(20)25-27-19/h16H,3-15H2,1-2H3,(H2,21,23,26)(H,22,24,25). The van der Waals surface area contributed by atoms with Crippen LogP contribution < -0.4 is 16.2 Å². The summed E-state index contributed by atoms with van der Waals surface area (Å²) in [4.78, 5) is 15.9. The maximum atomic E-state index is 12.0. The van der Waals surface area contributed by atoms with Gasteiger partial charge in [0.15, 0.2) is 0 Å². The van der Waals surface area contributed by atoms with Crippen LogP contribution >= 0.6 is 23.1 Å². The maximum absolute atomic E-state index is 12.0. The fourth-order valence-corrected chi connectivity index (χ4v) is 3.73. The molecule has 1 atom stereocenters. The Kier molecular flexibility index (Phi) is 14.1. The molecular formula is C19H36ClN5OS. The third kappa shape index (κ3) is 12.8. The number of hydrogen-bond acceptors (Lipinski definition) is 5. The molecule has 6 nitrogen and oxygen atoms in total. The van der Waals surface area contributed by atoms with Crippen LogP contribution in [0, 0.1) is 5.92 Å². The maximum Gasteiger partial charge on any atom is 0.333 e. The van der Waals surface area contributed by atoms with Crippen molar-refractivity contribution in [1.82, 2.24) is 20.1 Å². The van der Waals surface area contributed by atoms with E-state index in [0.717, 1.165) is 11.5 Å². The predicted molar refractivity (Wildman–Crippen MR) is 115 cm³/mol. The second-order valence-electron chi connectivity index (χ2n) is 7.10. The van der Waals surface area contributed by atoms with E-state index in [9.17, 15) is 4.79 Å². The highest BCUT2D eigenvalue weighted by molar-refractivity contribution is 7.09. The number of nitrogens with one attached hydrogen (secondary N) is 3. The van der Waals surface area contributed by atoms with Crippen LogP contribution in [0.4, 0.5) is 9.93 Å². The lowest BCUT2D eigenvalue weighted by Gasteiger charge is -2.18. The summed E-state index contributed by atoms with van der Waals surface area (Å²) < 4.78 is 3.84. The molecule has 0 aliphatic rings. The first-order valence-electron chi connectivity index (χ1n) is 10.4. The van der Waals surface area contributed by atoms with Crippen molar-refractivity contribution < 1.29 is 4.79 Å². The zero-order valence-corrected chi connectivity index (χ0v) is 18.4. The topological polar surface area (TPSA) is 78.9 Å². The largest absolute Gasteiger partial charge is 0.336 e. The lowest BCUT2D eigenvalue weighted by Crippen LogP contribution is -2.41. The molecule has 0 bridgehead atoms. The second kappa shape index (κ2) is 15.9. The molecule has 1 rings (SSSR count). The summed E-state index contributed by atoms with van der Waals surface area (Å²) >= 11 is 6.76. The summed E-state index contributed by atoms with van der Waals surface area (Å²) in [5.41, 5.74) is 5.30. The Labute approximate surface area is 173 Å². The number of hydrogen-bond donors (Lipinski definition) is 3. The van der Waals surface area contributed by atoms with E-state index < -0.39 is 0 Å². The number of unbranched alkanes of at least 4 members (excludes halogenated alkanes) is 8. The molecule has 27 heavy (non-hydrogen) atoms. The quantitative estimate of drug-likeness (QED) is 0.222. The number of halogens is 1. The fourth-order valence-electron chi connectivity index (χ4n) is 3.07. The van der Waals surface area contributed by atoms with Crippen molar-refractivity contribution in [3.8, 4) is 0 Å².